The quantitative estimate of drug-likeness (QED) is 0.700. The van der Waals surface area contributed by atoms with Crippen LogP contribution in [0.15, 0.2) is 53.4 Å². The molecule has 0 unspecified atom stereocenters. The fourth-order valence-electron chi connectivity index (χ4n) is 2.17. The van der Waals surface area contributed by atoms with E-state index in [2.05, 4.69) is 10.0 Å². The predicted octanol–water partition coefficient (Wildman–Crippen LogP) is 4.06. The summed E-state index contributed by atoms with van der Waals surface area (Å²) in [4.78, 5) is 23.6. The Bertz CT molecular complexity index is 931. The van der Waals surface area contributed by atoms with E-state index < -0.39 is 15.4 Å². The lowest BCUT2D eigenvalue weighted by molar-refractivity contribution is -0.124. The summed E-state index contributed by atoms with van der Waals surface area (Å²) in [6, 6.07) is 12.2. The third-order valence-electron chi connectivity index (χ3n) is 4.46. The van der Waals surface area contributed by atoms with Crippen LogP contribution < -0.4 is 10.0 Å². The molecule has 2 N–H and O–H groups in total. The van der Waals surface area contributed by atoms with Gasteiger partial charge in [0.05, 0.1) is 4.90 Å². The summed E-state index contributed by atoms with van der Waals surface area (Å²) in [6.45, 7) is 7.08. The van der Waals surface area contributed by atoms with Gasteiger partial charge in [-0.1, -0.05) is 20.8 Å². The molecule has 0 saturated heterocycles. The molecule has 7 heteroatoms. The molecule has 0 aliphatic heterocycles. The van der Waals surface area contributed by atoms with Gasteiger partial charge in [0.15, 0.2) is 5.78 Å². The average Bonchev–Trinajstić information content (AvgIpc) is 2.62. The predicted molar refractivity (Wildman–Crippen MR) is 106 cm³/mol. The zero-order valence-corrected chi connectivity index (χ0v) is 16.7. The van der Waals surface area contributed by atoms with Gasteiger partial charge in [-0.05, 0) is 61.9 Å². The number of anilines is 2. The Morgan fingerprint density at radius 1 is 0.926 bits per heavy atom. The van der Waals surface area contributed by atoms with E-state index in [4.69, 9.17) is 0 Å². The average molecular weight is 388 g/mol. The molecule has 2 rings (SSSR count). The molecule has 0 aliphatic rings. The number of ketones is 1. The second kappa shape index (κ2) is 7.92. The fraction of sp³-hybridized carbons (Fsp3) is 0.300. The van der Waals surface area contributed by atoms with E-state index in [1.54, 1.807) is 24.3 Å². The number of amides is 1. The SMILES string of the molecule is CCC(C)(C)C(=O)Nc1ccc(S(=O)(=O)Nc2ccc(C(C)=O)cc2)cc1. The lowest BCUT2D eigenvalue weighted by atomic mass is 9.89. The van der Waals surface area contributed by atoms with Gasteiger partial charge in [-0.15, -0.1) is 0 Å². The first-order valence-corrected chi connectivity index (χ1v) is 10.1. The number of sulfonamides is 1. The van der Waals surface area contributed by atoms with Crippen molar-refractivity contribution in [1.29, 1.82) is 0 Å². The lowest BCUT2D eigenvalue weighted by Crippen LogP contribution is -2.29. The number of hydrogen-bond donors (Lipinski definition) is 2. The van der Waals surface area contributed by atoms with Gasteiger partial charge in [-0.3, -0.25) is 14.3 Å². The van der Waals surface area contributed by atoms with Crippen LogP contribution in [0.4, 0.5) is 11.4 Å². The Labute approximate surface area is 160 Å². The molecular formula is C20H24N2O4S. The molecule has 2 aromatic carbocycles. The van der Waals surface area contributed by atoms with Gasteiger partial charge >= 0.3 is 0 Å². The van der Waals surface area contributed by atoms with Crippen LogP contribution in [0.3, 0.4) is 0 Å². The molecular weight excluding hydrogens is 364 g/mol. The van der Waals surface area contributed by atoms with Crippen molar-refractivity contribution in [2.45, 2.75) is 39.0 Å². The van der Waals surface area contributed by atoms with Crippen LogP contribution in [0.25, 0.3) is 0 Å². The van der Waals surface area contributed by atoms with E-state index in [0.29, 0.717) is 23.4 Å². The summed E-state index contributed by atoms with van der Waals surface area (Å²) in [5, 5.41) is 2.79. The third-order valence-corrected chi connectivity index (χ3v) is 5.86. The van der Waals surface area contributed by atoms with Crippen LogP contribution >= 0.6 is 0 Å². The first kappa shape index (κ1) is 20.6. The van der Waals surface area contributed by atoms with Crippen molar-refractivity contribution in [3.8, 4) is 0 Å². The maximum atomic E-state index is 12.5. The summed E-state index contributed by atoms with van der Waals surface area (Å²) >= 11 is 0. The number of hydrogen-bond acceptors (Lipinski definition) is 4. The molecule has 0 fully saturated rings. The minimum atomic E-state index is -3.77. The van der Waals surface area contributed by atoms with Crippen LogP contribution in [0, 0.1) is 5.41 Å². The molecule has 0 aromatic heterocycles. The normalized spacial score (nSPS) is 11.7. The highest BCUT2D eigenvalue weighted by Crippen LogP contribution is 2.23. The fourth-order valence-corrected chi connectivity index (χ4v) is 3.22. The van der Waals surface area contributed by atoms with Crippen molar-refractivity contribution in [3.05, 3.63) is 54.1 Å². The standard InChI is InChI=1S/C20H24N2O4S/c1-5-20(3,4)19(24)21-16-10-12-18(13-11-16)27(25,26)22-17-8-6-15(7-9-17)14(2)23/h6-13,22H,5H2,1-4H3,(H,21,24). The summed E-state index contributed by atoms with van der Waals surface area (Å²) in [5.74, 6) is -0.211. The lowest BCUT2D eigenvalue weighted by Gasteiger charge is -2.21. The molecule has 6 nitrogen and oxygen atoms in total. The maximum absolute atomic E-state index is 12.5. The molecule has 0 heterocycles. The van der Waals surface area contributed by atoms with Gasteiger partial charge in [0.1, 0.15) is 0 Å². The topological polar surface area (TPSA) is 92.3 Å². The molecule has 0 bridgehead atoms. The van der Waals surface area contributed by atoms with Crippen molar-refractivity contribution in [2.75, 3.05) is 10.0 Å². The van der Waals surface area contributed by atoms with E-state index in [1.165, 1.54) is 31.2 Å². The molecule has 0 spiro atoms. The van der Waals surface area contributed by atoms with Gasteiger partial charge in [-0.2, -0.15) is 0 Å². The highest BCUT2D eigenvalue weighted by atomic mass is 32.2. The second-order valence-electron chi connectivity index (χ2n) is 6.95. The zero-order chi connectivity index (χ0) is 20.2. The van der Waals surface area contributed by atoms with Crippen molar-refractivity contribution in [2.24, 2.45) is 5.41 Å². The van der Waals surface area contributed by atoms with Crippen LogP contribution in [0.1, 0.15) is 44.5 Å². The third kappa shape index (κ3) is 5.17. The van der Waals surface area contributed by atoms with Crippen molar-refractivity contribution in [3.63, 3.8) is 0 Å². The van der Waals surface area contributed by atoms with Gasteiger partial charge in [0.25, 0.3) is 10.0 Å². The molecule has 0 saturated carbocycles. The van der Waals surface area contributed by atoms with Gasteiger partial charge in [-0.25, -0.2) is 8.42 Å². The van der Waals surface area contributed by atoms with Crippen molar-refractivity contribution in [1.82, 2.24) is 0 Å². The second-order valence-corrected chi connectivity index (χ2v) is 8.64. The minimum Gasteiger partial charge on any atom is -0.326 e. The van der Waals surface area contributed by atoms with E-state index in [-0.39, 0.29) is 16.6 Å². The number of carbonyl (C=O) groups is 2. The molecule has 2 aromatic rings. The number of nitrogens with one attached hydrogen (secondary N) is 2. The monoisotopic (exact) mass is 388 g/mol. The molecule has 0 radical (unpaired) electrons. The highest BCUT2D eigenvalue weighted by Gasteiger charge is 2.25. The van der Waals surface area contributed by atoms with Crippen LogP contribution in [0.5, 0.6) is 0 Å². The molecule has 144 valence electrons. The first-order chi connectivity index (χ1) is 12.5. The largest absolute Gasteiger partial charge is 0.326 e. The molecule has 27 heavy (non-hydrogen) atoms. The number of benzene rings is 2. The highest BCUT2D eigenvalue weighted by molar-refractivity contribution is 7.92. The van der Waals surface area contributed by atoms with Gasteiger partial charge in [0.2, 0.25) is 5.91 Å². The van der Waals surface area contributed by atoms with Crippen LogP contribution in [0.2, 0.25) is 0 Å². The van der Waals surface area contributed by atoms with E-state index in [1.807, 2.05) is 20.8 Å². The molecule has 0 aliphatic carbocycles. The van der Waals surface area contributed by atoms with Crippen molar-refractivity contribution < 1.29 is 18.0 Å². The van der Waals surface area contributed by atoms with Gasteiger partial charge < -0.3 is 5.32 Å². The first-order valence-electron chi connectivity index (χ1n) is 8.60. The Hall–Kier alpha value is -2.67. The Morgan fingerprint density at radius 3 is 1.93 bits per heavy atom. The number of rotatable bonds is 7. The summed E-state index contributed by atoms with van der Waals surface area (Å²) in [5.41, 5.74) is 0.902. The number of carbonyl (C=O) groups excluding carboxylic acids is 2. The van der Waals surface area contributed by atoms with E-state index in [9.17, 15) is 18.0 Å². The molecule has 1 amide bonds. The summed E-state index contributed by atoms with van der Waals surface area (Å²) in [7, 11) is -3.77. The molecule has 0 atom stereocenters. The zero-order valence-electron chi connectivity index (χ0n) is 15.9. The van der Waals surface area contributed by atoms with Gasteiger partial charge in [0, 0.05) is 22.4 Å². The van der Waals surface area contributed by atoms with Crippen molar-refractivity contribution >= 4 is 33.1 Å². The maximum Gasteiger partial charge on any atom is 0.261 e. The Morgan fingerprint density at radius 2 is 1.44 bits per heavy atom. The van der Waals surface area contributed by atoms with E-state index >= 15 is 0 Å². The number of Topliss-reactive ketones (excluding diaryl/α,β-unsaturated/α-hetero) is 1. The summed E-state index contributed by atoms with van der Waals surface area (Å²) in [6.07, 6.45) is 0.692. The summed E-state index contributed by atoms with van der Waals surface area (Å²) < 4.78 is 27.5. The Balaban J connectivity index is 2.13. The van der Waals surface area contributed by atoms with Crippen LogP contribution in [-0.2, 0) is 14.8 Å². The minimum absolute atomic E-state index is 0.0749. The smallest absolute Gasteiger partial charge is 0.261 e. The Kier molecular flexibility index (Phi) is 6.05. The van der Waals surface area contributed by atoms with Crippen LogP contribution in [-0.4, -0.2) is 20.1 Å². The van der Waals surface area contributed by atoms with E-state index in [0.717, 1.165) is 0 Å².